The SMILES string of the molecule is CC.CC.CC.CC.CC(=O)c1ccc(O)cc1.CCC.CCOc1ccc(C(=O)O)cc1.CCOc1ccc(C(C)=O)cc1.CCOc1ccc(C(C)=O)cc1. The lowest BCUT2D eigenvalue weighted by molar-refractivity contribution is 0.0696. The molecule has 0 heterocycles. The van der Waals surface area contributed by atoms with Crippen LogP contribution in [0.1, 0.15) is 159 Å². The van der Waals surface area contributed by atoms with Crippen LogP contribution in [0.2, 0.25) is 0 Å². The van der Waals surface area contributed by atoms with E-state index in [0.717, 1.165) is 22.6 Å². The Morgan fingerprint density at radius 2 is 0.596 bits per heavy atom. The molecule has 0 fully saturated rings. The maximum absolute atomic E-state index is 10.9. The summed E-state index contributed by atoms with van der Waals surface area (Å²) in [6.45, 7) is 32.5. The zero-order chi connectivity index (χ0) is 45.2. The fraction of sp³-hybridized carbons (Fsp3) is 0.417. The normalized spacial score (nSPS) is 8.35. The van der Waals surface area contributed by atoms with Gasteiger partial charge in [0.25, 0.3) is 0 Å². The number of ketones is 3. The standard InChI is InChI=1S/2C10H12O2.C9H10O3.C8H8O2.C3H8.4C2H6/c2*1-3-12-10-6-4-9(5-7-10)8(2)11;1-2-12-8-5-3-7(4-6-8)9(10)11;1-6(9)7-2-4-8(10)5-3-7;1-3-2;4*1-2/h2*4-7H,3H2,1-2H3;3-6H,2H2,1H3,(H,10,11);2-5,10H,1H3;3H2,1-2H3;4*1-2H3. The number of rotatable bonds is 10. The van der Waals surface area contributed by atoms with Gasteiger partial charge < -0.3 is 24.4 Å². The summed E-state index contributed by atoms with van der Waals surface area (Å²) in [4.78, 5) is 42.9. The van der Waals surface area contributed by atoms with Crippen LogP contribution < -0.4 is 14.2 Å². The van der Waals surface area contributed by atoms with Crippen LogP contribution in [0.4, 0.5) is 0 Å². The van der Waals surface area contributed by atoms with Gasteiger partial charge in [0.2, 0.25) is 0 Å². The first kappa shape index (κ1) is 60.8. The minimum absolute atomic E-state index is 0.0139. The third-order valence-electron chi connectivity index (χ3n) is 5.83. The van der Waals surface area contributed by atoms with Gasteiger partial charge in [-0.05, 0) is 139 Å². The second-order valence-corrected chi connectivity index (χ2v) is 10.1. The Morgan fingerprint density at radius 1 is 0.404 bits per heavy atom. The largest absolute Gasteiger partial charge is 0.508 e. The fourth-order valence-corrected chi connectivity index (χ4v) is 3.46. The molecule has 0 aromatic heterocycles. The van der Waals surface area contributed by atoms with Gasteiger partial charge in [0, 0.05) is 16.7 Å². The number of phenolic OH excluding ortho intramolecular Hbond substituents is 1. The molecule has 0 saturated carbocycles. The van der Waals surface area contributed by atoms with Crippen LogP contribution >= 0.6 is 0 Å². The minimum Gasteiger partial charge on any atom is -0.508 e. The van der Waals surface area contributed by atoms with E-state index in [0.29, 0.717) is 31.1 Å². The maximum Gasteiger partial charge on any atom is 0.335 e. The van der Waals surface area contributed by atoms with E-state index >= 15 is 0 Å². The number of hydrogen-bond donors (Lipinski definition) is 2. The highest BCUT2D eigenvalue weighted by Gasteiger charge is 2.01. The van der Waals surface area contributed by atoms with Crippen molar-refractivity contribution < 1.29 is 43.6 Å². The third kappa shape index (κ3) is 33.6. The Balaban J connectivity index is -0.000000195. The monoisotopic (exact) mass is 795 g/mol. The van der Waals surface area contributed by atoms with Gasteiger partial charge in [-0.15, -0.1) is 0 Å². The number of hydrogen-bond acceptors (Lipinski definition) is 8. The van der Waals surface area contributed by atoms with Gasteiger partial charge in [-0.2, -0.15) is 0 Å². The molecule has 0 aliphatic heterocycles. The summed E-state index contributed by atoms with van der Waals surface area (Å²) >= 11 is 0. The molecule has 0 unspecified atom stereocenters. The molecular formula is C48H74O9. The molecule has 0 radical (unpaired) electrons. The topological polar surface area (TPSA) is 136 Å². The quantitative estimate of drug-likeness (QED) is 0.150. The predicted molar refractivity (Wildman–Crippen MR) is 239 cm³/mol. The zero-order valence-corrected chi connectivity index (χ0v) is 37.8. The highest BCUT2D eigenvalue weighted by atomic mass is 16.5. The molecule has 9 heteroatoms. The lowest BCUT2D eigenvalue weighted by atomic mass is 10.1. The first-order valence-electron chi connectivity index (χ1n) is 20.1. The Bertz CT molecular complexity index is 1370. The van der Waals surface area contributed by atoms with E-state index in [1.54, 1.807) is 86.6 Å². The van der Waals surface area contributed by atoms with Crippen molar-refractivity contribution in [3.05, 3.63) is 119 Å². The second-order valence-electron chi connectivity index (χ2n) is 10.1. The summed E-state index contributed by atoms with van der Waals surface area (Å²) < 4.78 is 15.6. The molecule has 9 nitrogen and oxygen atoms in total. The van der Waals surface area contributed by atoms with E-state index in [1.165, 1.54) is 37.6 Å². The van der Waals surface area contributed by atoms with E-state index in [4.69, 9.17) is 24.4 Å². The van der Waals surface area contributed by atoms with E-state index in [-0.39, 0.29) is 28.7 Å². The highest BCUT2D eigenvalue weighted by molar-refractivity contribution is 5.95. The number of carbonyl (C=O) groups is 4. The highest BCUT2D eigenvalue weighted by Crippen LogP contribution is 2.14. The number of carbonyl (C=O) groups excluding carboxylic acids is 3. The maximum atomic E-state index is 10.9. The van der Waals surface area contributed by atoms with Gasteiger partial charge in [0.1, 0.15) is 23.0 Å². The van der Waals surface area contributed by atoms with Gasteiger partial charge in [0.15, 0.2) is 17.3 Å². The Morgan fingerprint density at radius 3 is 0.772 bits per heavy atom. The van der Waals surface area contributed by atoms with Crippen molar-refractivity contribution in [2.24, 2.45) is 0 Å². The van der Waals surface area contributed by atoms with Crippen molar-refractivity contribution in [3.8, 4) is 23.0 Å². The Kier molecular flexibility index (Phi) is 46.2. The summed E-state index contributed by atoms with van der Waals surface area (Å²) in [6.07, 6.45) is 1.25. The molecule has 0 atom stereocenters. The number of ether oxygens (including phenoxy) is 3. The van der Waals surface area contributed by atoms with Crippen LogP contribution in [0.15, 0.2) is 97.1 Å². The van der Waals surface area contributed by atoms with Crippen LogP contribution in [-0.4, -0.2) is 53.4 Å². The molecule has 320 valence electrons. The lowest BCUT2D eigenvalue weighted by Gasteiger charge is -2.02. The van der Waals surface area contributed by atoms with E-state index in [2.05, 4.69) is 13.8 Å². The molecule has 0 aliphatic rings. The predicted octanol–water partition coefficient (Wildman–Crippen LogP) is 13.5. The van der Waals surface area contributed by atoms with Crippen LogP contribution in [-0.2, 0) is 0 Å². The molecule has 4 aromatic rings. The van der Waals surface area contributed by atoms with Gasteiger partial charge in [-0.1, -0.05) is 75.7 Å². The number of aromatic hydroxyl groups is 1. The molecular weight excluding hydrogens is 721 g/mol. The van der Waals surface area contributed by atoms with Crippen molar-refractivity contribution in [2.45, 2.75) is 117 Å². The molecule has 4 aromatic carbocycles. The third-order valence-corrected chi connectivity index (χ3v) is 5.83. The van der Waals surface area contributed by atoms with Crippen LogP contribution in [0.5, 0.6) is 23.0 Å². The van der Waals surface area contributed by atoms with Crippen LogP contribution in [0.3, 0.4) is 0 Å². The van der Waals surface area contributed by atoms with Crippen molar-refractivity contribution in [2.75, 3.05) is 19.8 Å². The molecule has 0 aliphatic carbocycles. The van der Waals surface area contributed by atoms with Crippen LogP contribution in [0.25, 0.3) is 0 Å². The van der Waals surface area contributed by atoms with Gasteiger partial charge in [0.05, 0.1) is 25.4 Å². The molecule has 0 saturated heterocycles. The Hall–Kier alpha value is -5.44. The van der Waals surface area contributed by atoms with E-state index in [1.807, 2.05) is 76.2 Å². The number of Topliss-reactive ketones (excluding diaryl/α,β-unsaturated/α-hetero) is 3. The number of aromatic carboxylic acids is 1. The van der Waals surface area contributed by atoms with E-state index < -0.39 is 5.97 Å². The summed E-state index contributed by atoms with van der Waals surface area (Å²) in [6, 6.07) is 26.8. The summed E-state index contributed by atoms with van der Waals surface area (Å²) in [5.74, 6) is 1.76. The summed E-state index contributed by atoms with van der Waals surface area (Å²) in [5.41, 5.74) is 2.34. The Labute approximate surface area is 345 Å². The fourth-order valence-electron chi connectivity index (χ4n) is 3.46. The average molecular weight is 795 g/mol. The van der Waals surface area contributed by atoms with Crippen molar-refractivity contribution in [1.29, 1.82) is 0 Å². The van der Waals surface area contributed by atoms with Crippen molar-refractivity contribution in [1.82, 2.24) is 0 Å². The molecule has 0 amide bonds. The van der Waals surface area contributed by atoms with Crippen LogP contribution in [0, 0.1) is 0 Å². The smallest absolute Gasteiger partial charge is 0.335 e. The number of benzene rings is 4. The summed E-state index contributed by atoms with van der Waals surface area (Å²) in [7, 11) is 0. The van der Waals surface area contributed by atoms with E-state index in [9.17, 15) is 19.2 Å². The molecule has 57 heavy (non-hydrogen) atoms. The van der Waals surface area contributed by atoms with Gasteiger partial charge in [-0.3, -0.25) is 14.4 Å². The average Bonchev–Trinajstić information content (AvgIpc) is 3.23. The molecule has 0 bridgehead atoms. The number of carboxylic acids is 1. The van der Waals surface area contributed by atoms with Gasteiger partial charge >= 0.3 is 5.97 Å². The minimum atomic E-state index is -0.918. The number of phenols is 1. The molecule has 2 N–H and O–H groups in total. The number of carboxylic acid groups (broad SMARTS) is 1. The zero-order valence-electron chi connectivity index (χ0n) is 37.8. The molecule has 4 rings (SSSR count). The second kappa shape index (κ2) is 43.3. The first-order chi connectivity index (χ1) is 27.3. The first-order valence-corrected chi connectivity index (χ1v) is 20.1. The molecule has 0 spiro atoms. The summed E-state index contributed by atoms with van der Waals surface area (Å²) in [5, 5.41) is 17.4. The van der Waals surface area contributed by atoms with Crippen molar-refractivity contribution in [3.63, 3.8) is 0 Å². The van der Waals surface area contributed by atoms with Crippen molar-refractivity contribution >= 4 is 23.3 Å². The lowest BCUT2D eigenvalue weighted by Crippen LogP contribution is -1.96. The van der Waals surface area contributed by atoms with Gasteiger partial charge in [-0.25, -0.2) is 4.79 Å².